The Bertz CT molecular complexity index is 1270. The molecule has 1 fully saturated rings. The summed E-state index contributed by atoms with van der Waals surface area (Å²) in [6.45, 7) is 3.97. The zero-order valence-corrected chi connectivity index (χ0v) is 18.6. The number of para-hydroxylation sites is 3. The minimum atomic E-state index is -0.126. The van der Waals surface area contributed by atoms with E-state index in [1.54, 1.807) is 6.33 Å². The lowest BCUT2D eigenvalue weighted by Crippen LogP contribution is -2.41. The van der Waals surface area contributed by atoms with E-state index in [1.807, 2.05) is 55.6 Å². The fourth-order valence-corrected chi connectivity index (χ4v) is 4.41. The average Bonchev–Trinajstić information content (AvgIpc) is 3.30. The Labute approximate surface area is 193 Å². The van der Waals surface area contributed by atoms with Gasteiger partial charge in [-0.1, -0.05) is 30.3 Å². The standard InChI is InChI=1S/C26H27N5O2/c1-2-33-23-12-6-4-10-21(23)29-26(32)20-9-7-14-30(17-20)24-16-25(28-18-27-24)31-15-13-19-8-3-5-11-22(19)31/h3-6,8,10-13,15-16,18,20H,2,7,9,14,17H2,1H3,(H,29,32)/t20-/m1/s1. The smallest absolute Gasteiger partial charge is 0.229 e. The predicted octanol–water partition coefficient (Wildman–Crippen LogP) is 4.67. The second kappa shape index (κ2) is 9.32. The molecule has 0 radical (unpaired) electrons. The maximum absolute atomic E-state index is 13.1. The van der Waals surface area contributed by atoms with Gasteiger partial charge in [-0.15, -0.1) is 0 Å². The molecule has 1 aliphatic rings. The number of hydrogen-bond donors (Lipinski definition) is 1. The van der Waals surface area contributed by atoms with Gasteiger partial charge in [0.1, 0.15) is 23.7 Å². The van der Waals surface area contributed by atoms with Gasteiger partial charge >= 0.3 is 0 Å². The number of nitrogens with zero attached hydrogens (tertiary/aromatic N) is 4. The number of nitrogens with one attached hydrogen (secondary N) is 1. The number of amides is 1. The predicted molar refractivity (Wildman–Crippen MR) is 130 cm³/mol. The molecule has 1 saturated heterocycles. The van der Waals surface area contributed by atoms with Crippen LogP contribution in [-0.2, 0) is 4.79 Å². The number of rotatable bonds is 6. The molecule has 7 heteroatoms. The topological polar surface area (TPSA) is 72.3 Å². The molecule has 2 aromatic carbocycles. The number of piperidine rings is 1. The van der Waals surface area contributed by atoms with Gasteiger partial charge in [-0.3, -0.25) is 4.79 Å². The Kier molecular flexibility index (Phi) is 5.93. The Balaban J connectivity index is 1.33. The molecular weight excluding hydrogens is 414 g/mol. The zero-order valence-electron chi connectivity index (χ0n) is 18.6. The molecule has 0 aliphatic carbocycles. The number of benzene rings is 2. The lowest BCUT2D eigenvalue weighted by molar-refractivity contribution is -0.120. The van der Waals surface area contributed by atoms with E-state index >= 15 is 0 Å². The summed E-state index contributed by atoms with van der Waals surface area (Å²) in [7, 11) is 0. The van der Waals surface area contributed by atoms with Crippen molar-refractivity contribution in [1.82, 2.24) is 14.5 Å². The summed E-state index contributed by atoms with van der Waals surface area (Å²) in [6, 6.07) is 19.9. The number of aromatic nitrogens is 3. The van der Waals surface area contributed by atoms with E-state index in [9.17, 15) is 4.79 Å². The van der Waals surface area contributed by atoms with Crippen molar-refractivity contribution in [3.05, 3.63) is 73.2 Å². The third kappa shape index (κ3) is 4.39. The van der Waals surface area contributed by atoms with Crippen LogP contribution in [0.25, 0.3) is 16.7 Å². The molecule has 5 rings (SSSR count). The highest BCUT2D eigenvalue weighted by Crippen LogP contribution is 2.28. The second-order valence-electron chi connectivity index (χ2n) is 8.18. The summed E-state index contributed by atoms with van der Waals surface area (Å²) >= 11 is 0. The van der Waals surface area contributed by atoms with Crippen LogP contribution >= 0.6 is 0 Å². The van der Waals surface area contributed by atoms with Crippen LogP contribution in [0.5, 0.6) is 5.75 Å². The third-order valence-corrected chi connectivity index (χ3v) is 6.05. The largest absolute Gasteiger partial charge is 0.492 e. The molecule has 1 N–H and O–H groups in total. The molecule has 4 aromatic rings. The molecule has 0 bridgehead atoms. The fourth-order valence-electron chi connectivity index (χ4n) is 4.41. The molecule has 3 heterocycles. The van der Waals surface area contributed by atoms with Crippen molar-refractivity contribution in [2.75, 3.05) is 29.9 Å². The molecule has 33 heavy (non-hydrogen) atoms. The molecule has 0 saturated carbocycles. The molecule has 1 amide bonds. The van der Waals surface area contributed by atoms with Crippen LogP contribution in [0, 0.1) is 5.92 Å². The van der Waals surface area contributed by atoms with Crippen molar-refractivity contribution in [3.8, 4) is 11.6 Å². The number of carbonyl (C=O) groups is 1. The minimum Gasteiger partial charge on any atom is -0.492 e. The molecule has 0 unspecified atom stereocenters. The van der Waals surface area contributed by atoms with Gasteiger partial charge in [-0.25, -0.2) is 9.97 Å². The van der Waals surface area contributed by atoms with Crippen LogP contribution in [0.4, 0.5) is 11.5 Å². The van der Waals surface area contributed by atoms with Crippen LogP contribution in [0.15, 0.2) is 73.2 Å². The number of carbonyl (C=O) groups excluding carboxylic acids is 1. The fraction of sp³-hybridized carbons (Fsp3) is 0.269. The van der Waals surface area contributed by atoms with Gasteiger partial charge in [0.25, 0.3) is 0 Å². The van der Waals surface area contributed by atoms with Crippen molar-refractivity contribution in [3.63, 3.8) is 0 Å². The van der Waals surface area contributed by atoms with E-state index in [4.69, 9.17) is 4.74 Å². The zero-order chi connectivity index (χ0) is 22.6. The van der Waals surface area contributed by atoms with Crippen LogP contribution in [0.1, 0.15) is 19.8 Å². The molecule has 168 valence electrons. The highest BCUT2D eigenvalue weighted by molar-refractivity contribution is 5.94. The van der Waals surface area contributed by atoms with Gasteiger partial charge in [-0.2, -0.15) is 0 Å². The van der Waals surface area contributed by atoms with E-state index in [0.717, 1.165) is 36.5 Å². The third-order valence-electron chi connectivity index (χ3n) is 6.05. The van der Waals surface area contributed by atoms with Gasteiger partial charge in [0.05, 0.1) is 23.7 Å². The molecule has 0 spiro atoms. The van der Waals surface area contributed by atoms with Gasteiger partial charge in [0, 0.05) is 25.4 Å². The lowest BCUT2D eigenvalue weighted by atomic mass is 9.97. The van der Waals surface area contributed by atoms with Crippen LogP contribution < -0.4 is 15.0 Å². The first kappa shape index (κ1) is 21.0. The lowest BCUT2D eigenvalue weighted by Gasteiger charge is -2.33. The average molecular weight is 442 g/mol. The Morgan fingerprint density at radius 1 is 1.09 bits per heavy atom. The van der Waals surface area contributed by atoms with Gasteiger partial charge in [0.2, 0.25) is 5.91 Å². The second-order valence-corrected chi connectivity index (χ2v) is 8.18. The molecule has 1 aliphatic heterocycles. The molecular formula is C26H27N5O2. The maximum Gasteiger partial charge on any atom is 0.229 e. The minimum absolute atomic E-state index is 0.0116. The van der Waals surface area contributed by atoms with E-state index in [0.29, 0.717) is 24.6 Å². The summed E-state index contributed by atoms with van der Waals surface area (Å²) < 4.78 is 7.72. The van der Waals surface area contributed by atoms with Gasteiger partial charge < -0.3 is 19.5 Å². The summed E-state index contributed by atoms with van der Waals surface area (Å²) in [6.07, 6.45) is 5.40. The molecule has 2 aromatic heterocycles. The van der Waals surface area contributed by atoms with Crippen molar-refractivity contribution in [1.29, 1.82) is 0 Å². The number of hydrogen-bond acceptors (Lipinski definition) is 5. The summed E-state index contributed by atoms with van der Waals surface area (Å²) in [5, 5.41) is 4.23. The maximum atomic E-state index is 13.1. The quantitative estimate of drug-likeness (QED) is 0.471. The van der Waals surface area contributed by atoms with E-state index in [2.05, 4.69) is 43.0 Å². The van der Waals surface area contributed by atoms with Crippen LogP contribution in [0.2, 0.25) is 0 Å². The monoisotopic (exact) mass is 441 g/mol. The van der Waals surface area contributed by atoms with Crippen LogP contribution in [-0.4, -0.2) is 40.1 Å². The Hall–Kier alpha value is -3.87. The SMILES string of the molecule is CCOc1ccccc1NC(=O)[C@@H]1CCCN(c2cc(-n3ccc4ccccc43)ncn2)C1. The summed E-state index contributed by atoms with van der Waals surface area (Å²) in [5.41, 5.74) is 1.82. The number of fused-ring (bicyclic) bond motifs is 1. The van der Waals surface area contributed by atoms with E-state index in [1.165, 1.54) is 5.39 Å². The highest BCUT2D eigenvalue weighted by Gasteiger charge is 2.27. The Morgan fingerprint density at radius 3 is 2.82 bits per heavy atom. The molecule has 1 atom stereocenters. The van der Waals surface area contributed by atoms with Crippen molar-refractivity contribution in [2.45, 2.75) is 19.8 Å². The highest BCUT2D eigenvalue weighted by atomic mass is 16.5. The Morgan fingerprint density at radius 2 is 1.91 bits per heavy atom. The van der Waals surface area contributed by atoms with E-state index < -0.39 is 0 Å². The normalized spacial score (nSPS) is 16.0. The van der Waals surface area contributed by atoms with Crippen molar-refractivity contribution >= 4 is 28.3 Å². The number of ether oxygens (including phenoxy) is 1. The van der Waals surface area contributed by atoms with E-state index in [-0.39, 0.29) is 11.8 Å². The van der Waals surface area contributed by atoms with Crippen LogP contribution in [0.3, 0.4) is 0 Å². The van der Waals surface area contributed by atoms with Crippen molar-refractivity contribution < 1.29 is 9.53 Å². The first-order chi connectivity index (χ1) is 16.2. The van der Waals surface area contributed by atoms with Gasteiger partial charge in [-0.05, 0) is 49.4 Å². The number of anilines is 2. The first-order valence-corrected chi connectivity index (χ1v) is 11.4. The van der Waals surface area contributed by atoms with Gasteiger partial charge in [0.15, 0.2) is 0 Å². The summed E-state index contributed by atoms with van der Waals surface area (Å²) in [5.74, 6) is 2.24. The van der Waals surface area contributed by atoms with Crippen molar-refractivity contribution in [2.24, 2.45) is 5.92 Å². The first-order valence-electron chi connectivity index (χ1n) is 11.4. The molecule has 7 nitrogen and oxygen atoms in total. The summed E-state index contributed by atoms with van der Waals surface area (Å²) in [4.78, 5) is 24.3.